The number of nitrogens with zero attached hydrogens (tertiary/aromatic N) is 1. The maximum atomic E-state index is 11.9. The van der Waals surface area contributed by atoms with E-state index in [9.17, 15) is 9.59 Å². The lowest BCUT2D eigenvalue weighted by molar-refractivity contribution is -0.124. The summed E-state index contributed by atoms with van der Waals surface area (Å²) in [6, 6.07) is 0.113. The van der Waals surface area contributed by atoms with E-state index in [0.717, 1.165) is 25.7 Å². The molecule has 1 saturated heterocycles. The van der Waals surface area contributed by atoms with Gasteiger partial charge in [-0.1, -0.05) is 0 Å². The van der Waals surface area contributed by atoms with Gasteiger partial charge < -0.3 is 20.7 Å². The summed E-state index contributed by atoms with van der Waals surface area (Å²) in [6.07, 6.45) is 2.77. The Kier molecular flexibility index (Phi) is 3.95. The van der Waals surface area contributed by atoms with E-state index in [1.807, 2.05) is 20.8 Å². The summed E-state index contributed by atoms with van der Waals surface area (Å²) in [4.78, 5) is 25.5. The van der Waals surface area contributed by atoms with Gasteiger partial charge in [0.1, 0.15) is 5.60 Å². The highest BCUT2D eigenvalue weighted by atomic mass is 16.6. The molecule has 0 aromatic heterocycles. The van der Waals surface area contributed by atoms with Gasteiger partial charge in [0.25, 0.3) is 0 Å². The second kappa shape index (κ2) is 5.24. The molecule has 0 aromatic carbocycles. The van der Waals surface area contributed by atoms with Crippen LogP contribution in [-0.4, -0.2) is 47.2 Å². The van der Waals surface area contributed by atoms with E-state index in [1.165, 1.54) is 0 Å². The quantitative estimate of drug-likeness (QED) is 0.791. The highest BCUT2D eigenvalue weighted by Gasteiger charge is 2.46. The molecule has 0 aromatic rings. The van der Waals surface area contributed by atoms with Crippen molar-refractivity contribution in [3.63, 3.8) is 0 Å². The minimum Gasteiger partial charge on any atom is -0.444 e. The maximum Gasteiger partial charge on any atom is 0.410 e. The van der Waals surface area contributed by atoms with Crippen molar-refractivity contribution in [1.29, 1.82) is 0 Å². The smallest absolute Gasteiger partial charge is 0.410 e. The topological polar surface area (TPSA) is 84.7 Å². The minimum absolute atomic E-state index is 0.0479. The van der Waals surface area contributed by atoms with E-state index in [0.29, 0.717) is 13.1 Å². The Hall–Kier alpha value is -1.30. The van der Waals surface area contributed by atoms with Crippen molar-refractivity contribution in [2.75, 3.05) is 13.1 Å². The Morgan fingerprint density at radius 3 is 2.25 bits per heavy atom. The summed E-state index contributed by atoms with van der Waals surface area (Å²) in [5.74, 6) is -0.0479. The van der Waals surface area contributed by atoms with Crippen LogP contribution in [0.1, 0.15) is 46.5 Å². The summed E-state index contributed by atoms with van der Waals surface area (Å²) in [5, 5.41) is 2.99. The Morgan fingerprint density at radius 2 is 1.80 bits per heavy atom. The molecule has 2 amide bonds. The van der Waals surface area contributed by atoms with Gasteiger partial charge in [-0.3, -0.25) is 4.79 Å². The standard InChI is InChI=1S/C14H25N3O3/c1-13(2,3)20-12(19)17-8-4-10(5-9-17)16-11(18)14(15)6-7-14/h10H,4-9,15H2,1-3H3,(H,16,18). The number of hydrogen-bond donors (Lipinski definition) is 2. The van der Waals surface area contributed by atoms with Gasteiger partial charge in [-0.15, -0.1) is 0 Å². The molecule has 0 radical (unpaired) electrons. The van der Waals surface area contributed by atoms with E-state index < -0.39 is 11.1 Å². The molecule has 1 aliphatic heterocycles. The first-order valence-corrected chi connectivity index (χ1v) is 7.27. The largest absolute Gasteiger partial charge is 0.444 e. The SMILES string of the molecule is CC(C)(C)OC(=O)N1CCC(NC(=O)C2(N)CC2)CC1. The van der Waals surface area contributed by atoms with E-state index in [-0.39, 0.29) is 18.0 Å². The molecular weight excluding hydrogens is 258 g/mol. The van der Waals surface area contributed by atoms with Crippen LogP contribution in [0.15, 0.2) is 0 Å². The van der Waals surface area contributed by atoms with Crippen LogP contribution in [0, 0.1) is 0 Å². The van der Waals surface area contributed by atoms with Crippen LogP contribution in [0.5, 0.6) is 0 Å². The lowest BCUT2D eigenvalue weighted by Crippen LogP contribution is -2.52. The van der Waals surface area contributed by atoms with E-state index >= 15 is 0 Å². The van der Waals surface area contributed by atoms with Crippen molar-refractivity contribution in [3.05, 3.63) is 0 Å². The third kappa shape index (κ3) is 3.85. The molecule has 0 bridgehead atoms. The van der Waals surface area contributed by atoms with Crippen molar-refractivity contribution >= 4 is 12.0 Å². The second-order valence-corrected chi connectivity index (χ2v) is 6.87. The van der Waals surface area contributed by atoms with Crippen LogP contribution in [0.25, 0.3) is 0 Å². The average Bonchev–Trinajstić information content (AvgIpc) is 3.07. The van der Waals surface area contributed by atoms with Crippen molar-refractivity contribution in [1.82, 2.24) is 10.2 Å². The number of nitrogens with two attached hydrogens (primary N) is 1. The van der Waals surface area contributed by atoms with E-state index in [1.54, 1.807) is 4.90 Å². The molecule has 1 heterocycles. The molecule has 0 atom stereocenters. The molecule has 1 saturated carbocycles. The van der Waals surface area contributed by atoms with Crippen LogP contribution in [-0.2, 0) is 9.53 Å². The van der Waals surface area contributed by atoms with Gasteiger partial charge in [-0.25, -0.2) is 4.79 Å². The van der Waals surface area contributed by atoms with Gasteiger partial charge in [0.05, 0.1) is 5.54 Å². The zero-order chi connectivity index (χ0) is 15.0. The Bertz CT molecular complexity index is 391. The summed E-state index contributed by atoms with van der Waals surface area (Å²) in [5.41, 5.74) is 4.76. The first-order chi connectivity index (χ1) is 9.20. The van der Waals surface area contributed by atoms with E-state index in [2.05, 4.69) is 5.32 Å². The number of rotatable bonds is 2. The average molecular weight is 283 g/mol. The molecule has 6 nitrogen and oxygen atoms in total. The number of carbonyl (C=O) groups excluding carboxylic acids is 2. The summed E-state index contributed by atoms with van der Waals surface area (Å²) < 4.78 is 5.34. The van der Waals surface area contributed by atoms with Crippen LogP contribution < -0.4 is 11.1 Å². The fourth-order valence-electron chi connectivity index (χ4n) is 2.22. The van der Waals surface area contributed by atoms with Gasteiger partial charge in [-0.05, 0) is 46.5 Å². The molecule has 6 heteroatoms. The van der Waals surface area contributed by atoms with Gasteiger partial charge in [0, 0.05) is 19.1 Å². The first-order valence-electron chi connectivity index (χ1n) is 7.27. The monoisotopic (exact) mass is 283 g/mol. The van der Waals surface area contributed by atoms with Crippen LogP contribution in [0.4, 0.5) is 4.79 Å². The fourth-order valence-corrected chi connectivity index (χ4v) is 2.22. The number of piperidine rings is 1. The molecule has 2 rings (SSSR count). The lowest BCUT2D eigenvalue weighted by atomic mass is 10.0. The zero-order valence-electron chi connectivity index (χ0n) is 12.6. The molecule has 114 valence electrons. The first kappa shape index (κ1) is 15.1. The Balaban J connectivity index is 1.75. The van der Waals surface area contributed by atoms with Gasteiger partial charge in [0.15, 0.2) is 0 Å². The molecule has 20 heavy (non-hydrogen) atoms. The molecule has 1 aliphatic carbocycles. The highest BCUT2D eigenvalue weighted by Crippen LogP contribution is 2.32. The van der Waals surface area contributed by atoms with Crippen molar-refractivity contribution in [3.8, 4) is 0 Å². The minimum atomic E-state index is -0.623. The third-order valence-electron chi connectivity index (χ3n) is 3.72. The number of likely N-dealkylation sites (tertiary alicyclic amines) is 1. The van der Waals surface area contributed by atoms with Gasteiger partial charge in [0.2, 0.25) is 5.91 Å². The van der Waals surface area contributed by atoms with Crippen LogP contribution in [0.3, 0.4) is 0 Å². The zero-order valence-corrected chi connectivity index (χ0v) is 12.6. The van der Waals surface area contributed by atoms with Gasteiger partial charge >= 0.3 is 6.09 Å². The molecule has 2 fully saturated rings. The third-order valence-corrected chi connectivity index (χ3v) is 3.72. The molecule has 0 spiro atoms. The molecular formula is C14H25N3O3. The fraction of sp³-hybridized carbons (Fsp3) is 0.857. The Labute approximate surface area is 120 Å². The van der Waals surface area contributed by atoms with Crippen molar-refractivity contribution in [2.24, 2.45) is 5.73 Å². The summed E-state index contributed by atoms with van der Waals surface area (Å²) in [7, 11) is 0. The van der Waals surface area contributed by atoms with Crippen molar-refractivity contribution in [2.45, 2.75) is 63.6 Å². The number of hydrogen-bond acceptors (Lipinski definition) is 4. The number of amides is 2. The van der Waals surface area contributed by atoms with Crippen molar-refractivity contribution < 1.29 is 14.3 Å². The second-order valence-electron chi connectivity index (χ2n) is 6.87. The molecule has 0 unspecified atom stereocenters. The predicted molar refractivity (Wildman–Crippen MR) is 75.1 cm³/mol. The predicted octanol–water partition coefficient (Wildman–Crippen LogP) is 0.993. The van der Waals surface area contributed by atoms with Crippen LogP contribution in [0.2, 0.25) is 0 Å². The summed E-state index contributed by atoms with van der Waals surface area (Å²) in [6.45, 7) is 6.78. The number of carbonyl (C=O) groups is 2. The summed E-state index contributed by atoms with van der Waals surface area (Å²) >= 11 is 0. The van der Waals surface area contributed by atoms with Gasteiger partial charge in [-0.2, -0.15) is 0 Å². The Morgan fingerprint density at radius 1 is 1.25 bits per heavy atom. The van der Waals surface area contributed by atoms with E-state index in [4.69, 9.17) is 10.5 Å². The number of ether oxygens (including phenoxy) is 1. The highest BCUT2D eigenvalue weighted by molar-refractivity contribution is 5.89. The lowest BCUT2D eigenvalue weighted by Gasteiger charge is -2.34. The maximum absolute atomic E-state index is 11.9. The molecule has 3 N–H and O–H groups in total. The normalized spacial score (nSPS) is 22.3. The van der Waals surface area contributed by atoms with Crippen LogP contribution >= 0.6 is 0 Å². The molecule has 2 aliphatic rings. The number of nitrogens with one attached hydrogen (secondary N) is 1.